The summed E-state index contributed by atoms with van der Waals surface area (Å²) in [6, 6.07) is 5.25. The summed E-state index contributed by atoms with van der Waals surface area (Å²) in [6.45, 7) is 3.78. The zero-order chi connectivity index (χ0) is 14.4. The summed E-state index contributed by atoms with van der Waals surface area (Å²) < 4.78 is 0. The fraction of sp³-hybridized carbons (Fsp3) is 0.385. The first-order chi connectivity index (χ1) is 8.90. The molecule has 3 N–H and O–H groups in total. The number of rotatable bonds is 5. The standard InChI is InChI=1S/C13H17ClN2O3/c1-8(2)7-11(12(17)18)16-13(19)15-10-6-4-3-5-9(10)14/h3-6,8,11H,7H2,1-2H3,(H,17,18)(H2,15,16,19)/t11-/m0/s1. The number of carboxylic acids is 1. The number of anilines is 1. The van der Waals surface area contributed by atoms with Gasteiger partial charge in [0, 0.05) is 0 Å². The fourth-order valence-corrected chi connectivity index (χ4v) is 1.76. The molecule has 1 aromatic carbocycles. The molecule has 0 saturated carbocycles. The molecule has 5 nitrogen and oxygen atoms in total. The third kappa shape index (κ3) is 5.18. The lowest BCUT2D eigenvalue weighted by Crippen LogP contribution is -2.43. The molecule has 0 aliphatic heterocycles. The Bertz CT molecular complexity index is 463. The van der Waals surface area contributed by atoms with Crippen LogP contribution in [0.1, 0.15) is 20.3 Å². The maximum atomic E-state index is 11.7. The highest BCUT2D eigenvalue weighted by molar-refractivity contribution is 6.33. The van der Waals surface area contributed by atoms with Gasteiger partial charge < -0.3 is 15.7 Å². The van der Waals surface area contributed by atoms with Gasteiger partial charge in [0.1, 0.15) is 6.04 Å². The van der Waals surface area contributed by atoms with Gasteiger partial charge in [0.25, 0.3) is 0 Å². The Labute approximate surface area is 117 Å². The van der Waals surface area contributed by atoms with E-state index in [1.165, 1.54) is 0 Å². The molecule has 1 aromatic rings. The molecule has 0 aliphatic carbocycles. The van der Waals surface area contributed by atoms with Gasteiger partial charge in [-0.25, -0.2) is 9.59 Å². The highest BCUT2D eigenvalue weighted by Gasteiger charge is 2.21. The number of nitrogens with one attached hydrogen (secondary N) is 2. The minimum absolute atomic E-state index is 0.168. The van der Waals surface area contributed by atoms with Crippen molar-refractivity contribution in [2.75, 3.05) is 5.32 Å². The molecular weight excluding hydrogens is 268 g/mol. The van der Waals surface area contributed by atoms with Crippen molar-refractivity contribution in [1.82, 2.24) is 5.32 Å². The lowest BCUT2D eigenvalue weighted by atomic mass is 10.0. The van der Waals surface area contributed by atoms with Crippen LogP contribution in [0.5, 0.6) is 0 Å². The average Bonchev–Trinajstić information content (AvgIpc) is 2.30. The topological polar surface area (TPSA) is 78.4 Å². The molecule has 0 aliphatic rings. The summed E-state index contributed by atoms with van der Waals surface area (Å²) in [7, 11) is 0. The Balaban J connectivity index is 2.63. The van der Waals surface area contributed by atoms with Crippen LogP contribution in [-0.4, -0.2) is 23.1 Å². The largest absolute Gasteiger partial charge is 0.480 e. The summed E-state index contributed by atoms with van der Waals surface area (Å²) in [5, 5.41) is 14.4. The third-order valence-corrected chi connectivity index (χ3v) is 2.76. The smallest absolute Gasteiger partial charge is 0.326 e. The number of benzene rings is 1. The Kier molecular flexibility index (Phi) is 5.63. The number of hydrogen-bond acceptors (Lipinski definition) is 2. The summed E-state index contributed by atoms with van der Waals surface area (Å²) >= 11 is 5.89. The van der Waals surface area contributed by atoms with Gasteiger partial charge >= 0.3 is 12.0 Å². The molecule has 0 unspecified atom stereocenters. The molecule has 1 atom stereocenters. The zero-order valence-electron chi connectivity index (χ0n) is 10.8. The first kappa shape index (κ1) is 15.3. The quantitative estimate of drug-likeness (QED) is 0.778. The number of urea groups is 1. The first-order valence-electron chi connectivity index (χ1n) is 5.95. The highest BCUT2D eigenvalue weighted by Crippen LogP contribution is 2.20. The van der Waals surface area contributed by atoms with Gasteiger partial charge in [-0.15, -0.1) is 0 Å². The minimum Gasteiger partial charge on any atom is -0.480 e. The molecule has 104 valence electrons. The van der Waals surface area contributed by atoms with Gasteiger partial charge in [-0.05, 0) is 24.5 Å². The summed E-state index contributed by atoms with van der Waals surface area (Å²) in [5.41, 5.74) is 0.440. The van der Waals surface area contributed by atoms with Gasteiger partial charge in [-0.1, -0.05) is 37.6 Å². The van der Waals surface area contributed by atoms with Crippen LogP contribution < -0.4 is 10.6 Å². The third-order valence-electron chi connectivity index (χ3n) is 2.43. The van der Waals surface area contributed by atoms with Crippen LogP contribution in [0.2, 0.25) is 5.02 Å². The molecule has 19 heavy (non-hydrogen) atoms. The average molecular weight is 285 g/mol. The maximum Gasteiger partial charge on any atom is 0.326 e. The molecule has 0 spiro atoms. The van der Waals surface area contributed by atoms with E-state index < -0.39 is 18.0 Å². The van der Waals surface area contributed by atoms with E-state index in [0.29, 0.717) is 17.1 Å². The summed E-state index contributed by atoms with van der Waals surface area (Å²) in [6.07, 6.45) is 0.366. The van der Waals surface area contributed by atoms with E-state index >= 15 is 0 Å². The number of halogens is 1. The van der Waals surface area contributed by atoms with Crippen molar-refractivity contribution in [3.05, 3.63) is 29.3 Å². The predicted octanol–water partition coefficient (Wildman–Crippen LogP) is 2.96. The number of amides is 2. The van der Waals surface area contributed by atoms with E-state index in [-0.39, 0.29) is 5.92 Å². The Morgan fingerprint density at radius 1 is 1.32 bits per heavy atom. The van der Waals surface area contributed by atoms with Crippen molar-refractivity contribution >= 4 is 29.3 Å². The van der Waals surface area contributed by atoms with E-state index in [0.717, 1.165) is 0 Å². The van der Waals surface area contributed by atoms with E-state index in [9.17, 15) is 9.59 Å². The Morgan fingerprint density at radius 3 is 2.47 bits per heavy atom. The molecule has 2 amide bonds. The number of carbonyl (C=O) groups is 2. The van der Waals surface area contributed by atoms with Gasteiger partial charge in [-0.3, -0.25) is 0 Å². The van der Waals surface area contributed by atoms with Gasteiger partial charge in [0.15, 0.2) is 0 Å². The van der Waals surface area contributed by atoms with Crippen molar-refractivity contribution in [2.24, 2.45) is 5.92 Å². The van der Waals surface area contributed by atoms with Crippen molar-refractivity contribution in [2.45, 2.75) is 26.3 Å². The second-order valence-electron chi connectivity index (χ2n) is 4.60. The van der Waals surface area contributed by atoms with Gasteiger partial charge in [-0.2, -0.15) is 0 Å². The minimum atomic E-state index is -1.05. The second-order valence-corrected chi connectivity index (χ2v) is 5.01. The molecule has 0 radical (unpaired) electrons. The van der Waals surface area contributed by atoms with Crippen molar-refractivity contribution < 1.29 is 14.7 Å². The zero-order valence-corrected chi connectivity index (χ0v) is 11.6. The molecule has 1 rings (SSSR count). The van der Waals surface area contributed by atoms with Gasteiger partial charge in [0.05, 0.1) is 10.7 Å². The monoisotopic (exact) mass is 284 g/mol. The van der Waals surface area contributed by atoms with Gasteiger partial charge in [0.2, 0.25) is 0 Å². The highest BCUT2D eigenvalue weighted by atomic mass is 35.5. The predicted molar refractivity (Wildman–Crippen MR) is 74.5 cm³/mol. The SMILES string of the molecule is CC(C)C[C@H](NC(=O)Nc1ccccc1Cl)C(=O)O. The molecule has 6 heteroatoms. The maximum absolute atomic E-state index is 11.7. The number of para-hydroxylation sites is 1. The number of aliphatic carboxylic acids is 1. The van der Waals surface area contributed by atoms with Crippen LogP contribution in [-0.2, 0) is 4.79 Å². The summed E-state index contributed by atoms with van der Waals surface area (Å²) in [4.78, 5) is 22.7. The van der Waals surface area contributed by atoms with Crippen LogP contribution in [0, 0.1) is 5.92 Å². The molecule has 0 heterocycles. The number of carbonyl (C=O) groups excluding carboxylic acids is 1. The summed E-state index contributed by atoms with van der Waals surface area (Å²) in [5.74, 6) is -0.885. The Hall–Kier alpha value is -1.75. The van der Waals surface area contributed by atoms with Crippen molar-refractivity contribution in [3.63, 3.8) is 0 Å². The fourth-order valence-electron chi connectivity index (χ4n) is 1.57. The molecule has 0 saturated heterocycles. The number of hydrogen-bond donors (Lipinski definition) is 3. The van der Waals surface area contributed by atoms with E-state index in [1.54, 1.807) is 24.3 Å². The lowest BCUT2D eigenvalue weighted by molar-refractivity contribution is -0.139. The Morgan fingerprint density at radius 2 is 1.95 bits per heavy atom. The van der Waals surface area contributed by atoms with Crippen LogP contribution in [0.3, 0.4) is 0 Å². The first-order valence-corrected chi connectivity index (χ1v) is 6.32. The normalized spacial score (nSPS) is 12.0. The second kappa shape index (κ2) is 6.99. The number of carboxylic acid groups (broad SMARTS) is 1. The van der Waals surface area contributed by atoms with Crippen LogP contribution in [0.4, 0.5) is 10.5 Å². The molecule has 0 bridgehead atoms. The van der Waals surface area contributed by atoms with Crippen molar-refractivity contribution in [3.8, 4) is 0 Å². The van der Waals surface area contributed by atoms with Crippen LogP contribution in [0.15, 0.2) is 24.3 Å². The van der Waals surface area contributed by atoms with Crippen LogP contribution >= 0.6 is 11.6 Å². The molecule has 0 fully saturated rings. The van der Waals surface area contributed by atoms with E-state index in [2.05, 4.69) is 10.6 Å². The molecule has 0 aromatic heterocycles. The van der Waals surface area contributed by atoms with Crippen molar-refractivity contribution in [1.29, 1.82) is 0 Å². The van der Waals surface area contributed by atoms with Crippen LogP contribution in [0.25, 0.3) is 0 Å². The molecular formula is C13H17ClN2O3. The van der Waals surface area contributed by atoms with E-state index in [1.807, 2.05) is 13.8 Å². The lowest BCUT2D eigenvalue weighted by Gasteiger charge is -2.17. The van der Waals surface area contributed by atoms with E-state index in [4.69, 9.17) is 16.7 Å².